The molecule has 1 N–H and O–H groups in total. The van der Waals surface area contributed by atoms with E-state index in [0.29, 0.717) is 0 Å². The van der Waals surface area contributed by atoms with E-state index in [0.717, 1.165) is 50.6 Å². The molecule has 0 fully saturated rings. The molecule has 0 atom stereocenters. The second-order valence-corrected chi connectivity index (χ2v) is 7.72. The van der Waals surface area contributed by atoms with Crippen LogP contribution in [0.15, 0.2) is 104 Å². The fraction of sp³-hybridized carbons (Fsp3) is 0. The first kappa shape index (κ1) is 18.3. The van der Waals surface area contributed by atoms with Crippen LogP contribution in [-0.4, -0.2) is 14.8 Å². The molecule has 4 heteroatoms. The van der Waals surface area contributed by atoms with Gasteiger partial charge in [0.2, 0.25) is 0 Å². The van der Waals surface area contributed by atoms with Gasteiger partial charge in [-0.05, 0) is 41.5 Å². The van der Waals surface area contributed by atoms with Crippen molar-refractivity contribution in [3.63, 3.8) is 0 Å². The van der Waals surface area contributed by atoms with E-state index in [1.807, 2.05) is 41.3 Å². The molecule has 152 valence electrons. The van der Waals surface area contributed by atoms with Crippen LogP contribution in [-0.2, 0) is 0 Å². The lowest BCUT2D eigenvalue weighted by Crippen LogP contribution is -2.03. The molecule has 0 amide bonds. The summed E-state index contributed by atoms with van der Waals surface area (Å²) < 4.78 is 1.90. The first-order valence-electron chi connectivity index (χ1n) is 10.6. The topological polar surface area (TPSA) is 42.7 Å². The predicted octanol–water partition coefficient (Wildman–Crippen LogP) is 6.83. The minimum Gasteiger partial charge on any atom is -0.352 e. The van der Waals surface area contributed by atoms with Gasteiger partial charge >= 0.3 is 0 Å². The lowest BCUT2D eigenvalue weighted by atomic mass is 9.97. The SMILES string of the molecule is C1=Cc2cccc(-n3cccn3)c2Nc2c1cccc2-c1cccc(-c2ccccn2)c1. The van der Waals surface area contributed by atoms with Gasteiger partial charge in [-0.1, -0.05) is 66.7 Å². The summed E-state index contributed by atoms with van der Waals surface area (Å²) in [6, 6.07) is 29.2. The fourth-order valence-corrected chi connectivity index (χ4v) is 4.21. The zero-order valence-electron chi connectivity index (χ0n) is 17.3. The highest BCUT2D eigenvalue weighted by Crippen LogP contribution is 2.40. The van der Waals surface area contributed by atoms with Gasteiger partial charge in [-0.3, -0.25) is 4.98 Å². The highest BCUT2D eigenvalue weighted by molar-refractivity contribution is 5.96. The number of pyridine rings is 1. The third kappa shape index (κ3) is 3.19. The Morgan fingerprint density at radius 3 is 2.28 bits per heavy atom. The van der Waals surface area contributed by atoms with Gasteiger partial charge in [0.15, 0.2) is 0 Å². The number of hydrogen-bond acceptors (Lipinski definition) is 3. The molecule has 3 aromatic carbocycles. The number of hydrogen-bond donors (Lipinski definition) is 1. The maximum Gasteiger partial charge on any atom is 0.0886 e. The Hall–Kier alpha value is -4.44. The van der Waals surface area contributed by atoms with E-state index in [2.05, 4.69) is 88.2 Å². The van der Waals surface area contributed by atoms with Crippen LogP contribution in [0.1, 0.15) is 11.1 Å². The van der Waals surface area contributed by atoms with E-state index in [-0.39, 0.29) is 0 Å². The number of aromatic nitrogens is 3. The van der Waals surface area contributed by atoms with Crippen LogP contribution >= 0.6 is 0 Å². The maximum absolute atomic E-state index is 4.52. The summed E-state index contributed by atoms with van der Waals surface area (Å²) in [5.41, 5.74) is 9.77. The van der Waals surface area contributed by atoms with Crippen LogP contribution in [0.25, 0.3) is 40.2 Å². The molecule has 0 aliphatic carbocycles. The van der Waals surface area contributed by atoms with E-state index in [4.69, 9.17) is 0 Å². The van der Waals surface area contributed by atoms with Crippen molar-refractivity contribution < 1.29 is 0 Å². The van der Waals surface area contributed by atoms with Crippen molar-refractivity contribution >= 4 is 23.5 Å². The average Bonchev–Trinajstić information content (AvgIpc) is 3.32. The molecule has 32 heavy (non-hydrogen) atoms. The Morgan fingerprint density at radius 2 is 1.47 bits per heavy atom. The van der Waals surface area contributed by atoms with Crippen LogP contribution in [0.5, 0.6) is 0 Å². The monoisotopic (exact) mass is 412 g/mol. The van der Waals surface area contributed by atoms with Gasteiger partial charge in [0.1, 0.15) is 0 Å². The summed E-state index contributed by atoms with van der Waals surface area (Å²) in [5.74, 6) is 0. The van der Waals surface area contributed by atoms with E-state index in [9.17, 15) is 0 Å². The van der Waals surface area contributed by atoms with Crippen molar-refractivity contribution in [3.05, 3.63) is 115 Å². The summed E-state index contributed by atoms with van der Waals surface area (Å²) >= 11 is 0. The number of fused-ring (bicyclic) bond motifs is 2. The summed E-state index contributed by atoms with van der Waals surface area (Å²) in [5, 5.41) is 8.20. The van der Waals surface area contributed by atoms with Gasteiger partial charge in [-0.25, -0.2) is 4.68 Å². The van der Waals surface area contributed by atoms with Crippen molar-refractivity contribution in [2.24, 2.45) is 0 Å². The smallest absolute Gasteiger partial charge is 0.0886 e. The van der Waals surface area contributed by atoms with Crippen LogP contribution in [0.4, 0.5) is 11.4 Å². The predicted molar refractivity (Wildman–Crippen MR) is 131 cm³/mol. The Morgan fingerprint density at radius 1 is 0.656 bits per heavy atom. The number of anilines is 2. The minimum absolute atomic E-state index is 0.968. The molecule has 6 rings (SSSR count). The van der Waals surface area contributed by atoms with Crippen molar-refractivity contribution in [2.45, 2.75) is 0 Å². The van der Waals surface area contributed by atoms with E-state index in [1.165, 1.54) is 0 Å². The van der Waals surface area contributed by atoms with Gasteiger partial charge in [0, 0.05) is 35.3 Å². The molecular weight excluding hydrogens is 392 g/mol. The standard InChI is InChI=1S/C28H20N4/c1-2-16-29-25(12-1)23-10-3-9-22(19-23)24-11-4-7-20-14-15-21-8-5-13-26(28(21)31-27(20)24)32-18-6-17-30-32/h1-19,31H. The lowest BCUT2D eigenvalue weighted by Gasteiger charge is -2.18. The summed E-state index contributed by atoms with van der Waals surface area (Å²) in [7, 11) is 0. The zero-order chi connectivity index (χ0) is 21.3. The molecule has 0 unspecified atom stereocenters. The Bertz CT molecular complexity index is 1430. The van der Waals surface area contributed by atoms with E-state index >= 15 is 0 Å². The third-order valence-electron chi connectivity index (χ3n) is 5.75. The van der Waals surface area contributed by atoms with Crippen molar-refractivity contribution in [2.75, 3.05) is 5.32 Å². The first-order valence-corrected chi connectivity index (χ1v) is 10.6. The molecule has 0 saturated heterocycles. The molecule has 4 nitrogen and oxygen atoms in total. The number of rotatable bonds is 3. The molecule has 0 saturated carbocycles. The summed E-state index contributed by atoms with van der Waals surface area (Å²) in [4.78, 5) is 4.52. The molecular formula is C28H20N4. The van der Waals surface area contributed by atoms with E-state index < -0.39 is 0 Å². The van der Waals surface area contributed by atoms with Crippen LogP contribution < -0.4 is 5.32 Å². The number of para-hydroxylation sites is 2. The quantitative estimate of drug-likeness (QED) is 0.346. The minimum atomic E-state index is 0.968. The van der Waals surface area contributed by atoms with Gasteiger partial charge in [0.25, 0.3) is 0 Å². The van der Waals surface area contributed by atoms with Crippen LogP contribution in [0.2, 0.25) is 0 Å². The highest BCUT2D eigenvalue weighted by Gasteiger charge is 2.17. The molecule has 5 aromatic rings. The van der Waals surface area contributed by atoms with Crippen molar-refractivity contribution in [1.29, 1.82) is 0 Å². The number of nitrogens with zero attached hydrogens (tertiary/aromatic N) is 3. The molecule has 2 aromatic heterocycles. The lowest BCUT2D eigenvalue weighted by molar-refractivity contribution is 0.882. The Kier molecular flexibility index (Phi) is 4.40. The molecule has 3 heterocycles. The van der Waals surface area contributed by atoms with E-state index in [1.54, 1.807) is 6.20 Å². The number of benzene rings is 3. The highest BCUT2D eigenvalue weighted by atomic mass is 15.3. The van der Waals surface area contributed by atoms with Crippen molar-refractivity contribution in [1.82, 2.24) is 14.8 Å². The second kappa shape index (κ2) is 7.67. The molecule has 1 aliphatic heterocycles. The third-order valence-corrected chi connectivity index (χ3v) is 5.75. The second-order valence-electron chi connectivity index (χ2n) is 7.72. The Balaban J connectivity index is 1.50. The van der Waals surface area contributed by atoms with Crippen LogP contribution in [0.3, 0.4) is 0 Å². The molecule has 0 spiro atoms. The molecule has 0 bridgehead atoms. The average molecular weight is 412 g/mol. The summed E-state index contributed by atoms with van der Waals surface area (Å²) in [6.07, 6.45) is 9.93. The van der Waals surface area contributed by atoms with Gasteiger partial charge in [-0.2, -0.15) is 5.10 Å². The van der Waals surface area contributed by atoms with Crippen molar-refractivity contribution in [3.8, 4) is 28.1 Å². The van der Waals surface area contributed by atoms with Crippen LogP contribution in [0, 0.1) is 0 Å². The maximum atomic E-state index is 4.52. The van der Waals surface area contributed by atoms with Gasteiger partial charge in [0.05, 0.1) is 22.8 Å². The number of nitrogens with one attached hydrogen (secondary N) is 1. The summed E-state index contributed by atoms with van der Waals surface area (Å²) in [6.45, 7) is 0. The molecule has 1 aliphatic rings. The first-order chi connectivity index (χ1) is 15.9. The Labute approximate surface area is 186 Å². The zero-order valence-corrected chi connectivity index (χ0v) is 17.3. The largest absolute Gasteiger partial charge is 0.352 e. The fourth-order valence-electron chi connectivity index (χ4n) is 4.21. The van der Waals surface area contributed by atoms with Gasteiger partial charge < -0.3 is 5.32 Å². The molecule has 0 radical (unpaired) electrons. The normalized spacial score (nSPS) is 11.9. The van der Waals surface area contributed by atoms with Gasteiger partial charge in [-0.15, -0.1) is 0 Å².